The van der Waals surface area contributed by atoms with Crippen molar-refractivity contribution in [2.45, 2.75) is 26.9 Å². The van der Waals surface area contributed by atoms with Crippen LogP contribution < -0.4 is 0 Å². The molecule has 7 heteroatoms. The summed E-state index contributed by atoms with van der Waals surface area (Å²) < 4.78 is 1.38. The van der Waals surface area contributed by atoms with Gasteiger partial charge >= 0.3 is 0 Å². The highest BCUT2D eigenvalue weighted by atomic mass is 16.2. The molecule has 2 aromatic rings. The van der Waals surface area contributed by atoms with Crippen molar-refractivity contribution in [3.05, 3.63) is 48.0 Å². The average molecular weight is 312 g/mol. The Morgan fingerprint density at radius 2 is 1.48 bits per heavy atom. The van der Waals surface area contributed by atoms with Crippen LogP contribution in [0.1, 0.15) is 47.7 Å². The number of fused-ring (bicyclic) bond motifs is 1. The molecule has 1 aromatic carbocycles. The number of hydrogen-bond donors (Lipinski definition) is 0. The minimum absolute atomic E-state index is 0.271. The molecule has 0 radical (unpaired) electrons. The molecule has 0 bridgehead atoms. The maximum atomic E-state index is 12.9. The highest BCUT2D eigenvalue weighted by Gasteiger charge is 2.45. The van der Waals surface area contributed by atoms with E-state index in [4.69, 9.17) is 0 Å². The number of carbonyl (C=O) groups is 3. The van der Waals surface area contributed by atoms with Crippen LogP contribution in [0.15, 0.2) is 36.9 Å². The second-order valence-electron chi connectivity index (χ2n) is 6.42. The molecule has 118 valence electrons. The Bertz CT molecular complexity index is 755. The van der Waals surface area contributed by atoms with Gasteiger partial charge in [0.15, 0.2) is 11.9 Å². The Labute approximate surface area is 132 Å². The number of Topliss-reactive ketones (excluding diaryl/α,β-unsaturated/α-hetero) is 1. The van der Waals surface area contributed by atoms with E-state index >= 15 is 0 Å². The first-order valence-electron chi connectivity index (χ1n) is 7.17. The zero-order valence-corrected chi connectivity index (χ0v) is 13.1. The molecule has 1 unspecified atom stereocenters. The van der Waals surface area contributed by atoms with Gasteiger partial charge in [-0.2, -0.15) is 0 Å². The van der Waals surface area contributed by atoms with E-state index in [2.05, 4.69) is 10.2 Å². The number of ketones is 1. The van der Waals surface area contributed by atoms with E-state index in [-0.39, 0.29) is 5.78 Å². The van der Waals surface area contributed by atoms with E-state index in [9.17, 15) is 14.4 Å². The van der Waals surface area contributed by atoms with Crippen LogP contribution in [0.4, 0.5) is 0 Å². The number of hydrogen-bond acceptors (Lipinski definition) is 5. The molecule has 0 N–H and O–H groups in total. The van der Waals surface area contributed by atoms with Crippen molar-refractivity contribution in [3.8, 4) is 0 Å². The molecule has 1 aliphatic rings. The number of nitrogens with zero attached hydrogens (tertiary/aromatic N) is 4. The van der Waals surface area contributed by atoms with E-state index in [1.807, 2.05) is 0 Å². The molecule has 0 aliphatic carbocycles. The standard InChI is InChI=1S/C16H16N4O3/c1-16(2,3)12(21)13(19-8-17-18-9-19)20-14(22)10-6-4-5-7-11(10)15(20)23/h4-9,13H,1-3H3. The third-order valence-corrected chi connectivity index (χ3v) is 3.76. The summed E-state index contributed by atoms with van der Waals surface area (Å²) >= 11 is 0. The Morgan fingerprint density at radius 3 is 1.91 bits per heavy atom. The molecule has 0 saturated heterocycles. The van der Waals surface area contributed by atoms with E-state index < -0.39 is 23.4 Å². The number of rotatable bonds is 3. The number of carbonyl (C=O) groups excluding carboxylic acids is 3. The lowest BCUT2D eigenvalue weighted by Crippen LogP contribution is -2.45. The van der Waals surface area contributed by atoms with Crippen LogP contribution in [0, 0.1) is 5.41 Å². The van der Waals surface area contributed by atoms with E-state index in [0.29, 0.717) is 11.1 Å². The molecule has 0 saturated carbocycles. The van der Waals surface area contributed by atoms with Crippen LogP contribution in [0.2, 0.25) is 0 Å². The fourth-order valence-corrected chi connectivity index (χ4v) is 2.54. The molecule has 0 spiro atoms. The zero-order valence-electron chi connectivity index (χ0n) is 13.1. The molecule has 1 aromatic heterocycles. The van der Waals surface area contributed by atoms with Gasteiger partial charge in [0.25, 0.3) is 11.8 Å². The summed E-state index contributed by atoms with van der Waals surface area (Å²) in [7, 11) is 0. The predicted octanol–water partition coefficient (Wildman–Crippen LogP) is 1.69. The van der Waals surface area contributed by atoms with E-state index in [0.717, 1.165) is 4.90 Å². The van der Waals surface area contributed by atoms with Gasteiger partial charge in [-0.3, -0.25) is 19.0 Å². The molecule has 2 amide bonds. The molecule has 2 heterocycles. The summed E-state index contributed by atoms with van der Waals surface area (Å²) in [6, 6.07) is 6.54. The third kappa shape index (κ3) is 2.34. The van der Waals surface area contributed by atoms with Crippen molar-refractivity contribution >= 4 is 17.6 Å². The van der Waals surface area contributed by atoms with Crippen molar-refractivity contribution in [1.29, 1.82) is 0 Å². The third-order valence-electron chi connectivity index (χ3n) is 3.76. The highest BCUT2D eigenvalue weighted by Crippen LogP contribution is 2.33. The second-order valence-corrected chi connectivity index (χ2v) is 6.42. The van der Waals surface area contributed by atoms with Crippen molar-refractivity contribution in [1.82, 2.24) is 19.7 Å². The molecule has 7 nitrogen and oxygen atoms in total. The molecular weight excluding hydrogens is 296 g/mol. The van der Waals surface area contributed by atoms with Gasteiger partial charge in [-0.05, 0) is 12.1 Å². The Kier molecular flexibility index (Phi) is 3.35. The van der Waals surface area contributed by atoms with Crippen LogP contribution in [-0.2, 0) is 4.79 Å². The monoisotopic (exact) mass is 312 g/mol. The number of benzene rings is 1. The summed E-state index contributed by atoms with van der Waals surface area (Å²) in [5, 5.41) is 7.38. The largest absolute Gasteiger partial charge is 0.295 e. The minimum atomic E-state index is -1.10. The topological polar surface area (TPSA) is 85.2 Å². The van der Waals surface area contributed by atoms with Gasteiger partial charge in [0.1, 0.15) is 12.7 Å². The van der Waals surface area contributed by atoms with Crippen LogP contribution in [0.5, 0.6) is 0 Å². The molecule has 1 atom stereocenters. The van der Waals surface area contributed by atoms with Gasteiger partial charge in [0, 0.05) is 5.41 Å². The fraction of sp³-hybridized carbons (Fsp3) is 0.312. The molecular formula is C16H16N4O3. The predicted molar refractivity (Wildman–Crippen MR) is 80.5 cm³/mol. The molecule has 0 fully saturated rings. The van der Waals surface area contributed by atoms with Crippen LogP contribution in [0.3, 0.4) is 0 Å². The van der Waals surface area contributed by atoms with Crippen LogP contribution in [-0.4, -0.2) is 37.3 Å². The lowest BCUT2D eigenvalue weighted by atomic mass is 9.88. The first kappa shape index (κ1) is 15.1. The Hall–Kier alpha value is -2.83. The summed E-state index contributed by atoms with van der Waals surface area (Å²) in [4.78, 5) is 39.2. The smallest absolute Gasteiger partial charge is 0.263 e. The van der Waals surface area contributed by atoms with Crippen LogP contribution in [0.25, 0.3) is 0 Å². The maximum Gasteiger partial charge on any atom is 0.263 e. The maximum absolute atomic E-state index is 12.9. The summed E-state index contributed by atoms with van der Waals surface area (Å²) in [5.41, 5.74) is -0.140. The molecule has 1 aliphatic heterocycles. The fourth-order valence-electron chi connectivity index (χ4n) is 2.54. The van der Waals surface area contributed by atoms with Crippen molar-refractivity contribution in [3.63, 3.8) is 0 Å². The first-order valence-corrected chi connectivity index (χ1v) is 7.17. The van der Waals surface area contributed by atoms with Gasteiger partial charge in [-0.1, -0.05) is 32.9 Å². The van der Waals surface area contributed by atoms with E-state index in [1.165, 1.54) is 17.2 Å². The first-order chi connectivity index (χ1) is 10.8. The normalized spacial score (nSPS) is 15.7. The van der Waals surface area contributed by atoms with Gasteiger partial charge in [-0.15, -0.1) is 10.2 Å². The summed E-state index contributed by atoms with van der Waals surface area (Å²) in [5.74, 6) is -1.24. The zero-order chi connectivity index (χ0) is 16.8. The highest BCUT2D eigenvalue weighted by molar-refractivity contribution is 6.22. The van der Waals surface area contributed by atoms with Gasteiger partial charge < -0.3 is 0 Å². The Balaban J connectivity index is 2.11. The summed E-state index contributed by atoms with van der Waals surface area (Å²) in [6.45, 7) is 5.22. The van der Waals surface area contributed by atoms with Crippen molar-refractivity contribution < 1.29 is 14.4 Å². The Morgan fingerprint density at radius 1 is 1.00 bits per heavy atom. The number of aromatic nitrogens is 3. The average Bonchev–Trinajstić information content (AvgIpc) is 3.10. The van der Waals surface area contributed by atoms with Gasteiger partial charge in [-0.25, -0.2) is 4.90 Å². The number of amides is 2. The molecule has 23 heavy (non-hydrogen) atoms. The van der Waals surface area contributed by atoms with Gasteiger partial charge in [0.2, 0.25) is 0 Å². The van der Waals surface area contributed by atoms with Crippen molar-refractivity contribution in [2.75, 3.05) is 0 Å². The number of imide groups is 1. The minimum Gasteiger partial charge on any atom is -0.295 e. The van der Waals surface area contributed by atoms with Crippen LogP contribution >= 0.6 is 0 Å². The summed E-state index contributed by atoms with van der Waals surface area (Å²) in [6.07, 6.45) is 1.56. The van der Waals surface area contributed by atoms with Gasteiger partial charge in [0.05, 0.1) is 11.1 Å². The molecule has 3 rings (SSSR count). The van der Waals surface area contributed by atoms with Crippen molar-refractivity contribution in [2.24, 2.45) is 5.41 Å². The SMILES string of the molecule is CC(C)(C)C(=O)C(N1C(=O)c2ccccc2C1=O)n1cnnc1. The second kappa shape index (κ2) is 5.12. The lowest BCUT2D eigenvalue weighted by molar-refractivity contribution is -0.133. The lowest BCUT2D eigenvalue weighted by Gasteiger charge is -2.30. The van der Waals surface area contributed by atoms with E-state index in [1.54, 1.807) is 45.0 Å². The quantitative estimate of drug-likeness (QED) is 0.805.